The molecule has 0 aliphatic heterocycles. The van der Waals surface area contributed by atoms with E-state index >= 15 is 0 Å². The zero-order valence-electron chi connectivity index (χ0n) is 10.4. The fourth-order valence-electron chi connectivity index (χ4n) is 2.15. The second kappa shape index (κ2) is 4.50. The minimum absolute atomic E-state index is 0.615. The lowest BCUT2D eigenvalue weighted by Crippen LogP contribution is -1.98. The van der Waals surface area contributed by atoms with Gasteiger partial charge in [0.25, 0.3) is 0 Å². The quantitative estimate of drug-likeness (QED) is 0.699. The van der Waals surface area contributed by atoms with E-state index in [2.05, 4.69) is 32.5 Å². The van der Waals surface area contributed by atoms with Gasteiger partial charge in [0, 0.05) is 18.9 Å². The van der Waals surface area contributed by atoms with Gasteiger partial charge in [-0.05, 0) is 25.1 Å². The molecule has 0 N–H and O–H groups in total. The molecular weight excluding hydrogens is 238 g/mol. The normalized spacial score (nSPS) is 10.5. The maximum absolute atomic E-state index is 8.94. The summed E-state index contributed by atoms with van der Waals surface area (Å²) in [5.74, 6) is 0.827. The van der Waals surface area contributed by atoms with E-state index in [1.54, 1.807) is 24.5 Å². The third kappa shape index (κ3) is 1.83. The van der Waals surface area contributed by atoms with Crippen molar-refractivity contribution in [1.29, 1.82) is 5.26 Å². The van der Waals surface area contributed by atoms with E-state index < -0.39 is 0 Å². The highest BCUT2D eigenvalue weighted by atomic mass is 15.1. The average molecular weight is 249 g/mol. The Hall–Kier alpha value is -2.74. The lowest BCUT2D eigenvalue weighted by molar-refractivity contribution is 0.795. The van der Waals surface area contributed by atoms with Crippen LogP contribution in [0.5, 0.6) is 0 Å². The monoisotopic (exact) mass is 249 g/mol. The molecule has 0 amide bonds. The number of fused-ring (bicyclic) bond motifs is 1. The van der Waals surface area contributed by atoms with Crippen LogP contribution >= 0.6 is 0 Å². The summed E-state index contributed by atoms with van der Waals surface area (Å²) in [6, 6.07) is 7.67. The highest BCUT2D eigenvalue weighted by Gasteiger charge is 2.12. The van der Waals surface area contributed by atoms with Gasteiger partial charge in [-0.25, -0.2) is 15.0 Å². The SMILES string of the molecule is CCn1c(-c2cncnc2)nc2cc(C#N)ccc21. The van der Waals surface area contributed by atoms with Crippen molar-refractivity contribution < 1.29 is 0 Å². The molecule has 0 aliphatic rings. The molecule has 0 radical (unpaired) electrons. The smallest absolute Gasteiger partial charge is 0.144 e. The predicted octanol–water partition coefficient (Wildman–Crippen LogP) is 2.38. The Morgan fingerprint density at radius 3 is 2.74 bits per heavy atom. The lowest BCUT2D eigenvalue weighted by Gasteiger charge is -2.04. The first-order valence-electron chi connectivity index (χ1n) is 5.99. The summed E-state index contributed by atoms with van der Waals surface area (Å²) in [6.45, 7) is 2.86. The Morgan fingerprint density at radius 2 is 2.05 bits per heavy atom. The first kappa shape index (κ1) is 11.4. The number of nitriles is 1. The molecule has 2 aromatic heterocycles. The van der Waals surface area contributed by atoms with Gasteiger partial charge in [-0.3, -0.25) is 0 Å². The molecular formula is C14H11N5. The number of hydrogen-bond acceptors (Lipinski definition) is 4. The molecule has 5 nitrogen and oxygen atoms in total. The third-order valence-corrected chi connectivity index (χ3v) is 3.01. The van der Waals surface area contributed by atoms with E-state index in [1.807, 2.05) is 6.07 Å². The van der Waals surface area contributed by atoms with Crippen LogP contribution in [0.1, 0.15) is 12.5 Å². The molecule has 3 aromatic rings. The minimum Gasteiger partial charge on any atom is -0.324 e. The van der Waals surface area contributed by atoms with Crippen molar-refractivity contribution in [3.8, 4) is 17.5 Å². The van der Waals surface area contributed by atoms with E-state index in [-0.39, 0.29) is 0 Å². The molecule has 19 heavy (non-hydrogen) atoms. The van der Waals surface area contributed by atoms with E-state index in [0.29, 0.717) is 5.56 Å². The van der Waals surface area contributed by atoms with Crippen LogP contribution in [0, 0.1) is 11.3 Å². The zero-order chi connectivity index (χ0) is 13.2. The molecule has 0 spiro atoms. The minimum atomic E-state index is 0.615. The second-order valence-corrected chi connectivity index (χ2v) is 4.12. The highest BCUT2D eigenvalue weighted by molar-refractivity contribution is 5.81. The van der Waals surface area contributed by atoms with Gasteiger partial charge >= 0.3 is 0 Å². The van der Waals surface area contributed by atoms with Crippen LogP contribution in [-0.4, -0.2) is 19.5 Å². The van der Waals surface area contributed by atoms with Crippen LogP contribution in [0.3, 0.4) is 0 Å². The Bertz CT molecular complexity index is 768. The Morgan fingerprint density at radius 1 is 1.26 bits per heavy atom. The van der Waals surface area contributed by atoms with E-state index in [0.717, 1.165) is 29.0 Å². The van der Waals surface area contributed by atoms with Crippen molar-refractivity contribution >= 4 is 11.0 Å². The van der Waals surface area contributed by atoms with Crippen molar-refractivity contribution in [2.75, 3.05) is 0 Å². The summed E-state index contributed by atoms with van der Waals surface area (Å²) in [5, 5.41) is 8.94. The zero-order valence-corrected chi connectivity index (χ0v) is 10.4. The van der Waals surface area contributed by atoms with Gasteiger partial charge in [0.1, 0.15) is 12.2 Å². The lowest BCUT2D eigenvalue weighted by atomic mass is 10.2. The van der Waals surface area contributed by atoms with Crippen LogP contribution in [0.4, 0.5) is 0 Å². The van der Waals surface area contributed by atoms with E-state index in [4.69, 9.17) is 5.26 Å². The van der Waals surface area contributed by atoms with Crippen molar-refractivity contribution in [3.63, 3.8) is 0 Å². The molecule has 5 heteroatoms. The van der Waals surface area contributed by atoms with Crippen LogP contribution in [0.2, 0.25) is 0 Å². The number of aromatic nitrogens is 4. The van der Waals surface area contributed by atoms with E-state index in [1.165, 1.54) is 6.33 Å². The summed E-state index contributed by atoms with van der Waals surface area (Å²) in [6.07, 6.45) is 4.98. The summed E-state index contributed by atoms with van der Waals surface area (Å²) in [4.78, 5) is 12.6. The Balaban J connectivity index is 2.28. The van der Waals surface area contributed by atoms with E-state index in [9.17, 15) is 0 Å². The third-order valence-electron chi connectivity index (χ3n) is 3.01. The molecule has 2 heterocycles. The average Bonchev–Trinajstić information content (AvgIpc) is 2.85. The fourth-order valence-corrected chi connectivity index (χ4v) is 2.15. The second-order valence-electron chi connectivity index (χ2n) is 4.12. The molecule has 0 fully saturated rings. The molecule has 0 aliphatic carbocycles. The molecule has 92 valence electrons. The number of rotatable bonds is 2. The molecule has 0 unspecified atom stereocenters. The van der Waals surface area contributed by atoms with Gasteiger partial charge in [0.2, 0.25) is 0 Å². The van der Waals surface area contributed by atoms with Crippen LogP contribution in [0.15, 0.2) is 36.9 Å². The first-order chi connectivity index (χ1) is 9.33. The summed E-state index contributed by atoms with van der Waals surface area (Å²) in [7, 11) is 0. The molecule has 0 atom stereocenters. The maximum atomic E-state index is 8.94. The van der Waals surface area contributed by atoms with Crippen molar-refractivity contribution in [2.45, 2.75) is 13.5 Å². The molecule has 3 rings (SSSR count). The first-order valence-corrected chi connectivity index (χ1v) is 5.99. The Labute approximate surface area is 110 Å². The van der Waals surface area contributed by atoms with Crippen LogP contribution < -0.4 is 0 Å². The number of imidazole rings is 1. The summed E-state index contributed by atoms with van der Waals surface area (Å²) >= 11 is 0. The highest BCUT2D eigenvalue weighted by Crippen LogP contribution is 2.24. The van der Waals surface area contributed by atoms with Crippen molar-refractivity contribution in [2.24, 2.45) is 0 Å². The number of nitrogens with zero attached hydrogens (tertiary/aromatic N) is 5. The fraction of sp³-hybridized carbons (Fsp3) is 0.143. The van der Waals surface area contributed by atoms with Gasteiger partial charge < -0.3 is 4.57 Å². The Kier molecular flexibility index (Phi) is 2.69. The van der Waals surface area contributed by atoms with Gasteiger partial charge in [0.05, 0.1) is 28.2 Å². The predicted molar refractivity (Wildman–Crippen MR) is 71.1 cm³/mol. The van der Waals surface area contributed by atoms with Crippen LogP contribution in [-0.2, 0) is 6.54 Å². The maximum Gasteiger partial charge on any atom is 0.144 e. The van der Waals surface area contributed by atoms with Gasteiger partial charge in [-0.2, -0.15) is 5.26 Å². The molecule has 0 saturated heterocycles. The van der Waals surface area contributed by atoms with Crippen molar-refractivity contribution in [3.05, 3.63) is 42.5 Å². The summed E-state index contributed by atoms with van der Waals surface area (Å²) < 4.78 is 2.09. The van der Waals surface area contributed by atoms with Gasteiger partial charge in [-0.15, -0.1) is 0 Å². The number of benzene rings is 1. The molecule has 1 aromatic carbocycles. The molecule has 0 saturated carbocycles. The number of aryl methyl sites for hydroxylation is 1. The summed E-state index contributed by atoms with van der Waals surface area (Å²) in [5.41, 5.74) is 3.32. The van der Waals surface area contributed by atoms with Crippen LogP contribution in [0.25, 0.3) is 22.4 Å². The largest absolute Gasteiger partial charge is 0.324 e. The standard InChI is InChI=1S/C14H11N5/c1-2-19-13-4-3-10(6-15)5-12(13)18-14(19)11-7-16-9-17-8-11/h3-5,7-9H,2H2,1H3. The van der Waals surface area contributed by atoms with Gasteiger partial charge in [-0.1, -0.05) is 0 Å². The molecule has 0 bridgehead atoms. The number of hydrogen-bond donors (Lipinski definition) is 0. The topological polar surface area (TPSA) is 67.4 Å². The van der Waals surface area contributed by atoms with Gasteiger partial charge in [0.15, 0.2) is 0 Å². The van der Waals surface area contributed by atoms with Crippen molar-refractivity contribution in [1.82, 2.24) is 19.5 Å².